The van der Waals surface area contributed by atoms with Gasteiger partial charge in [0.15, 0.2) is 0 Å². The molecular weight excluding hydrogens is 238 g/mol. The lowest BCUT2D eigenvalue weighted by molar-refractivity contribution is -0.133. The Morgan fingerprint density at radius 1 is 1.37 bits per heavy atom. The molecule has 1 fully saturated rings. The molecule has 1 aromatic heterocycles. The minimum absolute atomic E-state index is 0.313. The van der Waals surface area contributed by atoms with E-state index in [4.69, 9.17) is 0 Å². The zero-order valence-corrected chi connectivity index (χ0v) is 11.2. The largest absolute Gasteiger partial charge is 0.341 e. The minimum atomic E-state index is 0.313. The van der Waals surface area contributed by atoms with E-state index in [1.165, 1.54) is 0 Å². The molecule has 1 amide bonds. The third-order valence-electron chi connectivity index (χ3n) is 4.20. The summed E-state index contributed by atoms with van der Waals surface area (Å²) in [5.74, 6) is 0.783. The second-order valence-corrected chi connectivity index (χ2v) is 5.59. The van der Waals surface area contributed by atoms with E-state index in [2.05, 4.69) is 17.3 Å². The van der Waals surface area contributed by atoms with E-state index in [0.29, 0.717) is 24.3 Å². The van der Waals surface area contributed by atoms with Crippen molar-refractivity contribution in [3.8, 4) is 0 Å². The van der Waals surface area contributed by atoms with Gasteiger partial charge in [0.05, 0.1) is 6.04 Å². The molecule has 1 aliphatic carbocycles. The van der Waals surface area contributed by atoms with Gasteiger partial charge in [-0.05, 0) is 37.7 Å². The van der Waals surface area contributed by atoms with Crippen LogP contribution in [0.15, 0.2) is 30.6 Å². The number of nitrogens with zero attached hydrogens (tertiary/aromatic N) is 3. The molecule has 0 N–H and O–H groups in total. The summed E-state index contributed by atoms with van der Waals surface area (Å²) in [6, 6.07) is 2.30. The van der Waals surface area contributed by atoms with Crippen LogP contribution in [0, 0.1) is 5.92 Å². The van der Waals surface area contributed by atoms with Gasteiger partial charge in [-0.25, -0.2) is 0 Å². The highest BCUT2D eigenvalue weighted by atomic mass is 16.2. The van der Waals surface area contributed by atoms with Gasteiger partial charge in [-0.15, -0.1) is 0 Å². The average molecular weight is 259 g/mol. The zero-order chi connectivity index (χ0) is 13.1. The predicted molar refractivity (Wildman–Crippen MR) is 73.6 cm³/mol. The van der Waals surface area contributed by atoms with Crippen LogP contribution >= 0.6 is 0 Å². The standard InChI is InChI=1S/C15H21N3O/c19-15(11-13-5-1-2-6-13)17-9-3-7-14(12-17)18-10-4-8-16-18/h1,4-5,8,10,13-14H,2-3,6-7,9,11-12H2/t13-,14+/m1/s1. The van der Waals surface area contributed by atoms with Crippen LogP contribution in [0.4, 0.5) is 0 Å². The molecule has 4 heteroatoms. The molecule has 19 heavy (non-hydrogen) atoms. The highest BCUT2D eigenvalue weighted by Crippen LogP contribution is 2.25. The van der Waals surface area contributed by atoms with Crippen molar-refractivity contribution in [2.75, 3.05) is 13.1 Å². The Morgan fingerprint density at radius 3 is 3.05 bits per heavy atom. The van der Waals surface area contributed by atoms with E-state index in [9.17, 15) is 4.79 Å². The summed E-state index contributed by atoms with van der Waals surface area (Å²) in [7, 11) is 0. The Balaban J connectivity index is 1.58. The number of aromatic nitrogens is 2. The monoisotopic (exact) mass is 259 g/mol. The van der Waals surface area contributed by atoms with E-state index in [1.54, 1.807) is 0 Å². The highest BCUT2D eigenvalue weighted by Gasteiger charge is 2.26. The normalized spacial score (nSPS) is 26.8. The van der Waals surface area contributed by atoms with Gasteiger partial charge in [-0.1, -0.05) is 12.2 Å². The summed E-state index contributed by atoms with van der Waals surface area (Å²) in [5, 5.41) is 4.30. The quantitative estimate of drug-likeness (QED) is 0.782. The number of piperidine rings is 1. The summed E-state index contributed by atoms with van der Waals surface area (Å²) in [6.07, 6.45) is 13.4. The topological polar surface area (TPSA) is 38.1 Å². The van der Waals surface area contributed by atoms with Crippen LogP contribution < -0.4 is 0 Å². The molecule has 1 aromatic rings. The van der Waals surface area contributed by atoms with Crippen molar-refractivity contribution < 1.29 is 4.79 Å². The molecule has 3 rings (SSSR count). The number of likely N-dealkylation sites (tertiary alicyclic amines) is 1. The van der Waals surface area contributed by atoms with E-state index in [0.717, 1.165) is 38.8 Å². The number of carbonyl (C=O) groups excluding carboxylic acids is 1. The Morgan fingerprint density at radius 2 is 2.32 bits per heavy atom. The molecule has 0 bridgehead atoms. The Hall–Kier alpha value is -1.58. The molecule has 0 spiro atoms. The second kappa shape index (κ2) is 5.59. The van der Waals surface area contributed by atoms with Crippen molar-refractivity contribution in [3.05, 3.63) is 30.6 Å². The van der Waals surface area contributed by atoms with E-state index >= 15 is 0 Å². The molecule has 0 aromatic carbocycles. The molecule has 1 aliphatic heterocycles. The molecule has 0 radical (unpaired) electrons. The molecule has 0 saturated carbocycles. The first-order chi connectivity index (χ1) is 9.33. The summed E-state index contributed by atoms with van der Waals surface area (Å²) >= 11 is 0. The van der Waals surface area contributed by atoms with Gasteiger partial charge in [-0.2, -0.15) is 5.10 Å². The summed E-state index contributed by atoms with van der Waals surface area (Å²) < 4.78 is 1.99. The van der Waals surface area contributed by atoms with Crippen molar-refractivity contribution >= 4 is 5.91 Å². The van der Waals surface area contributed by atoms with Crippen molar-refractivity contribution in [3.63, 3.8) is 0 Å². The molecule has 1 saturated heterocycles. The molecule has 2 aliphatic rings. The van der Waals surface area contributed by atoms with Crippen LogP contribution in [-0.4, -0.2) is 33.7 Å². The SMILES string of the molecule is O=C(C[C@@H]1C=CCC1)N1CCC[C@H](n2cccn2)C1. The van der Waals surface area contributed by atoms with Gasteiger partial charge < -0.3 is 4.90 Å². The first-order valence-electron chi connectivity index (χ1n) is 7.26. The van der Waals surface area contributed by atoms with Gasteiger partial charge in [0.25, 0.3) is 0 Å². The first-order valence-corrected chi connectivity index (χ1v) is 7.26. The molecule has 102 valence electrons. The van der Waals surface area contributed by atoms with Gasteiger partial charge in [0.1, 0.15) is 0 Å². The van der Waals surface area contributed by atoms with Gasteiger partial charge in [-0.3, -0.25) is 9.48 Å². The van der Waals surface area contributed by atoms with Crippen molar-refractivity contribution in [2.45, 2.75) is 38.1 Å². The van der Waals surface area contributed by atoms with Gasteiger partial charge >= 0.3 is 0 Å². The molecule has 0 unspecified atom stereocenters. The van der Waals surface area contributed by atoms with E-state index in [-0.39, 0.29) is 0 Å². The van der Waals surface area contributed by atoms with Crippen LogP contribution in [0.5, 0.6) is 0 Å². The van der Waals surface area contributed by atoms with Crippen LogP contribution in [0.2, 0.25) is 0 Å². The Kier molecular flexibility index (Phi) is 3.67. The average Bonchev–Trinajstić information content (AvgIpc) is 3.12. The number of carbonyl (C=O) groups is 1. The maximum absolute atomic E-state index is 12.3. The highest BCUT2D eigenvalue weighted by molar-refractivity contribution is 5.76. The Bertz CT molecular complexity index is 452. The lowest BCUT2D eigenvalue weighted by Gasteiger charge is -2.33. The number of rotatable bonds is 3. The van der Waals surface area contributed by atoms with Crippen molar-refractivity contribution in [1.29, 1.82) is 0 Å². The molecular formula is C15H21N3O. The van der Waals surface area contributed by atoms with Crippen molar-refractivity contribution in [2.24, 2.45) is 5.92 Å². The summed E-state index contributed by atoms with van der Waals surface area (Å²) in [4.78, 5) is 14.4. The first kappa shape index (κ1) is 12.5. The molecule has 4 nitrogen and oxygen atoms in total. The summed E-state index contributed by atoms with van der Waals surface area (Å²) in [6.45, 7) is 1.73. The predicted octanol–water partition coefficient (Wildman–Crippen LogP) is 2.40. The fourth-order valence-electron chi connectivity index (χ4n) is 3.11. The minimum Gasteiger partial charge on any atom is -0.341 e. The fourth-order valence-corrected chi connectivity index (χ4v) is 3.11. The van der Waals surface area contributed by atoms with Crippen LogP contribution in [-0.2, 0) is 4.79 Å². The van der Waals surface area contributed by atoms with Crippen LogP contribution in [0.25, 0.3) is 0 Å². The smallest absolute Gasteiger partial charge is 0.223 e. The molecule has 2 atom stereocenters. The van der Waals surface area contributed by atoms with Gasteiger partial charge in [0.2, 0.25) is 5.91 Å². The van der Waals surface area contributed by atoms with Crippen molar-refractivity contribution in [1.82, 2.24) is 14.7 Å². The fraction of sp³-hybridized carbons (Fsp3) is 0.600. The lowest BCUT2D eigenvalue weighted by Crippen LogP contribution is -2.41. The van der Waals surface area contributed by atoms with E-state index < -0.39 is 0 Å². The third-order valence-corrected chi connectivity index (χ3v) is 4.20. The third kappa shape index (κ3) is 2.88. The Labute approximate surface area is 114 Å². The number of hydrogen-bond donors (Lipinski definition) is 0. The number of hydrogen-bond acceptors (Lipinski definition) is 2. The van der Waals surface area contributed by atoms with Crippen LogP contribution in [0.1, 0.15) is 38.1 Å². The van der Waals surface area contributed by atoms with Crippen LogP contribution in [0.3, 0.4) is 0 Å². The maximum atomic E-state index is 12.3. The lowest BCUT2D eigenvalue weighted by atomic mass is 10.0. The van der Waals surface area contributed by atoms with Gasteiger partial charge in [0, 0.05) is 31.9 Å². The second-order valence-electron chi connectivity index (χ2n) is 5.59. The zero-order valence-electron chi connectivity index (χ0n) is 11.2. The molecule has 2 heterocycles. The summed E-state index contributed by atoms with van der Waals surface area (Å²) in [5.41, 5.74) is 0. The number of amides is 1. The van der Waals surface area contributed by atoms with E-state index in [1.807, 2.05) is 28.0 Å². The number of allylic oxidation sites excluding steroid dienone is 2. The maximum Gasteiger partial charge on any atom is 0.223 e.